The molecule has 0 saturated heterocycles. The van der Waals surface area contributed by atoms with Gasteiger partial charge in [0.1, 0.15) is 17.0 Å². The molecule has 3 rings (SSSR count). The lowest BCUT2D eigenvalue weighted by molar-refractivity contribution is 0.413. The van der Waals surface area contributed by atoms with Gasteiger partial charge in [0.05, 0.1) is 25.4 Å². The Labute approximate surface area is 126 Å². The molecule has 0 bridgehead atoms. The maximum atomic E-state index is 6.10. The van der Waals surface area contributed by atoms with E-state index >= 15 is 0 Å². The van der Waals surface area contributed by atoms with E-state index in [0.717, 1.165) is 11.2 Å². The van der Waals surface area contributed by atoms with Gasteiger partial charge in [0.15, 0.2) is 0 Å². The van der Waals surface area contributed by atoms with Gasteiger partial charge in [-0.25, -0.2) is 4.98 Å². The Morgan fingerprint density at radius 2 is 1.86 bits per heavy atom. The summed E-state index contributed by atoms with van der Waals surface area (Å²) in [7, 11) is 3.20. The number of halogens is 1. The number of aromatic nitrogens is 2. The molecular weight excluding hydrogens is 290 g/mol. The first-order valence-electron chi connectivity index (χ1n) is 6.30. The van der Waals surface area contributed by atoms with E-state index in [1.54, 1.807) is 37.0 Å². The predicted octanol–water partition coefficient (Wildman–Crippen LogP) is 3.28. The van der Waals surface area contributed by atoms with E-state index in [4.69, 9.17) is 26.8 Å². The van der Waals surface area contributed by atoms with E-state index in [1.807, 2.05) is 18.2 Å². The van der Waals surface area contributed by atoms with Gasteiger partial charge in [-0.1, -0.05) is 17.7 Å². The maximum Gasteiger partial charge on any atom is 0.206 e. The Bertz CT molecular complexity index is 814. The summed E-state index contributed by atoms with van der Waals surface area (Å²) in [5, 5.41) is 0.593. The van der Waals surface area contributed by atoms with Crippen LogP contribution in [0.1, 0.15) is 0 Å². The second-order valence-corrected chi connectivity index (χ2v) is 4.89. The Morgan fingerprint density at radius 1 is 1.10 bits per heavy atom. The Hall–Kier alpha value is -2.40. The van der Waals surface area contributed by atoms with Gasteiger partial charge in [-0.2, -0.15) is 0 Å². The smallest absolute Gasteiger partial charge is 0.206 e. The van der Waals surface area contributed by atoms with Crippen molar-refractivity contribution in [3.05, 3.63) is 41.4 Å². The fourth-order valence-corrected chi connectivity index (χ4v) is 2.51. The van der Waals surface area contributed by atoms with Gasteiger partial charge in [0.2, 0.25) is 5.95 Å². The Balaban J connectivity index is 2.35. The van der Waals surface area contributed by atoms with Gasteiger partial charge in [0.25, 0.3) is 0 Å². The van der Waals surface area contributed by atoms with E-state index in [1.165, 1.54) is 0 Å². The van der Waals surface area contributed by atoms with Crippen LogP contribution in [0, 0.1) is 0 Å². The molecule has 0 unspecified atom stereocenters. The summed E-state index contributed by atoms with van der Waals surface area (Å²) in [5.74, 6) is 1.67. The van der Waals surface area contributed by atoms with E-state index in [-0.39, 0.29) is 0 Å². The van der Waals surface area contributed by atoms with Crippen LogP contribution in [-0.2, 0) is 0 Å². The summed E-state index contributed by atoms with van der Waals surface area (Å²) in [6.07, 6.45) is 0. The number of rotatable bonds is 3. The van der Waals surface area contributed by atoms with Crippen LogP contribution in [0.15, 0.2) is 36.4 Å². The Kier molecular flexibility index (Phi) is 3.35. The quantitative estimate of drug-likeness (QED) is 0.806. The molecule has 0 spiro atoms. The number of para-hydroxylation sites is 1. The topological polar surface area (TPSA) is 62.3 Å². The van der Waals surface area contributed by atoms with Crippen molar-refractivity contribution in [3.63, 3.8) is 0 Å². The van der Waals surface area contributed by atoms with Crippen LogP contribution in [0.3, 0.4) is 0 Å². The fraction of sp³-hybridized carbons (Fsp3) is 0.133. The number of anilines is 1. The highest BCUT2D eigenvalue weighted by Gasteiger charge is 2.16. The molecule has 1 heterocycles. The summed E-state index contributed by atoms with van der Waals surface area (Å²) in [4.78, 5) is 4.38. The minimum atomic E-state index is 0.343. The molecule has 0 radical (unpaired) electrons. The molecule has 0 aliphatic carbocycles. The van der Waals surface area contributed by atoms with Gasteiger partial charge in [-0.05, 0) is 30.3 Å². The van der Waals surface area contributed by atoms with Crippen LogP contribution in [0.4, 0.5) is 5.95 Å². The van der Waals surface area contributed by atoms with Gasteiger partial charge >= 0.3 is 0 Å². The third kappa shape index (κ3) is 2.15. The van der Waals surface area contributed by atoms with Crippen molar-refractivity contribution in [2.45, 2.75) is 0 Å². The lowest BCUT2D eigenvalue weighted by Gasteiger charge is -2.12. The summed E-state index contributed by atoms with van der Waals surface area (Å²) in [5.41, 5.74) is 8.34. The van der Waals surface area contributed by atoms with E-state index < -0.39 is 0 Å². The number of ether oxygens (including phenoxy) is 2. The molecule has 1 aromatic heterocycles. The molecule has 2 N–H and O–H groups in total. The van der Waals surface area contributed by atoms with Crippen LogP contribution in [0.25, 0.3) is 16.7 Å². The molecule has 108 valence electrons. The number of nitrogen functional groups attached to an aromatic ring is 1. The SMILES string of the molecule is COc1ccc(Cl)cc1-n1c(N)nc2c(OC)cccc21. The predicted molar refractivity (Wildman–Crippen MR) is 83.6 cm³/mol. The number of nitrogens with two attached hydrogens (primary N) is 1. The minimum absolute atomic E-state index is 0.343. The average Bonchev–Trinajstić information content (AvgIpc) is 2.82. The third-order valence-electron chi connectivity index (χ3n) is 3.28. The van der Waals surface area contributed by atoms with E-state index in [2.05, 4.69) is 4.98 Å². The van der Waals surface area contributed by atoms with Crippen LogP contribution in [0.5, 0.6) is 11.5 Å². The van der Waals surface area contributed by atoms with Crippen molar-refractivity contribution < 1.29 is 9.47 Å². The molecule has 0 amide bonds. The zero-order valence-corrected chi connectivity index (χ0v) is 12.4. The van der Waals surface area contributed by atoms with E-state index in [9.17, 15) is 0 Å². The highest BCUT2D eigenvalue weighted by molar-refractivity contribution is 6.30. The van der Waals surface area contributed by atoms with Gasteiger partial charge in [-0.15, -0.1) is 0 Å². The van der Waals surface area contributed by atoms with Crippen molar-refractivity contribution in [2.24, 2.45) is 0 Å². The largest absolute Gasteiger partial charge is 0.495 e. The Morgan fingerprint density at radius 3 is 2.57 bits per heavy atom. The molecule has 3 aromatic rings. The minimum Gasteiger partial charge on any atom is -0.495 e. The van der Waals surface area contributed by atoms with Crippen molar-refractivity contribution in [1.29, 1.82) is 0 Å². The first-order chi connectivity index (χ1) is 10.2. The number of hydrogen-bond donors (Lipinski definition) is 1. The molecule has 6 heteroatoms. The summed E-state index contributed by atoms with van der Waals surface area (Å²) >= 11 is 6.10. The third-order valence-corrected chi connectivity index (χ3v) is 3.51. The average molecular weight is 304 g/mol. The molecule has 0 atom stereocenters. The molecular formula is C15H14ClN3O2. The zero-order chi connectivity index (χ0) is 15.0. The molecule has 0 aliphatic heterocycles. The van der Waals surface area contributed by atoms with Crippen LogP contribution in [0.2, 0.25) is 5.02 Å². The molecule has 5 nitrogen and oxygen atoms in total. The first kappa shape index (κ1) is 13.6. The number of hydrogen-bond acceptors (Lipinski definition) is 4. The number of imidazole rings is 1. The summed E-state index contributed by atoms with van der Waals surface area (Å²) in [6.45, 7) is 0. The summed E-state index contributed by atoms with van der Waals surface area (Å²) in [6, 6.07) is 11.0. The number of benzene rings is 2. The lowest BCUT2D eigenvalue weighted by Crippen LogP contribution is -2.02. The van der Waals surface area contributed by atoms with Crippen LogP contribution < -0.4 is 15.2 Å². The normalized spacial score (nSPS) is 10.8. The number of nitrogens with zero attached hydrogens (tertiary/aromatic N) is 2. The molecule has 0 fully saturated rings. The highest BCUT2D eigenvalue weighted by atomic mass is 35.5. The molecule has 0 saturated carbocycles. The van der Waals surface area contributed by atoms with Crippen molar-refractivity contribution in [3.8, 4) is 17.2 Å². The van der Waals surface area contributed by atoms with Crippen molar-refractivity contribution in [2.75, 3.05) is 20.0 Å². The first-order valence-corrected chi connectivity index (χ1v) is 6.68. The fourth-order valence-electron chi connectivity index (χ4n) is 2.35. The van der Waals surface area contributed by atoms with Gasteiger partial charge < -0.3 is 15.2 Å². The molecule has 2 aromatic carbocycles. The van der Waals surface area contributed by atoms with Crippen LogP contribution in [-0.4, -0.2) is 23.8 Å². The van der Waals surface area contributed by atoms with Gasteiger partial charge in [0, 0.05) is 5.02 Å². The molecule has 0 aliphatic rings. The zero-order valence-electron chi connectivity index (χ0n) is 11.6. The number of methoxy groups -OCH3 is 2. The van der Waals surface area contributed by atoms with E-state index in [0.29, 0.717) is 28.0 Å². The van der Waals surface area contributed by atoms with Gasteiger partial charge in [-0.3, -0.25) is 4.57 Å². The lowest BCUT2D eigenvalue weighted by atomic mass is 10.2. The monoisotopic (exact) mass is 303 g/mol. The summed E-state index contributed by atoms with van der Waals surface area (Å²) < 4.78 is 12.5. The standard InChI is InChI=1S/C15H14ClN3O2/c1-20-12-7-6-9(16)8-11(12)19-10-4-3-5-13(21-2)14(10)18-15(19)17/h3-8H,1-2H3,(H2,17,18). The molecule has 21 heavy (non-hydrogen) atoms. The second kappa shape index (κ2) is 5.18. The number of fused-ring (bicyclic) bond motifs is 1. The van der Waals surface area contributed by atoms with Crippen molar-refractivity contribution >= 4 is 28.6 Å². The van der Waals surface area contributed by atoms with Crippen LogP contribution >= 0.6 is 11.6 Å². The highest BCUT2D eigenvalue weighted by Crippen LogP contribution is 2.34. The van der Waals surface area contributed by atoms with Crippen molar-refractivity contribution in [1.82, 2.24) is 9.55 Å². The maximum absolute atomic E-state index is 6.10. The second-order valence-electron chi connectivity index (χ2n) is 4.45.